The summed E-state index contributed by atoms with van der Waals surface area (Å²) in [5.41, 5.74) is 2.59. The second-order valence-electron chi connectivity index (χ2n) is 8.32. The predicted molar refractivity (Wildman–Crippen MR) is 118 cm³/mol. The molecule has 2 aliphatic rings. The van der Waals surface area contributed by atoms with Gasteiger partial charge in [0.05, 0.1) is 18.5 Å². The van der Waals surface area contributed by atoms with E-state index in [0.29, 0.717) is 47.8 Å². The van der Waals surface area contributed by atoms with Gasteiger partial charge in [0.2, 0.25) is 5.88 Å². The van der Waals surface area contributed by atoms with Gasteiger partial charge in [0.25, 0.3) is 0 Å². The molecule has 2 aromatic heterocycles. The molecule has 166 valence electrons. The van der Waals surface area contributed by atoms with Gasteiger partial charge >= 0.3 is 0 Å². The number of hydrogen-bond acceptors (Lipinski definition) is 8. The number of anilines is 1. The smallest absolute Gasteiger partial charge is 0.216 e. The molecule has 32 heavy (non-hydrogen) atoms. The average Bonchev–Trinajstić information content (AvgIpc) is 3.27. The van der Waals surface area contributed by atoms with Crippen molar-refractivity contribution in [1.29, 1.82) is 0 Å². The maximum Gasteiger partial charge on any atom is 0.216 e. The molecule has 1 aromatic carbocycles. The van der Waals surface area contributed by atoms with Gasteiger partial charge in [-0.15, -0.1) is 10.2 Å². The number of nitrogens with one attached hydrogen (secondary N) is 1. The molecule has 0 unspecified atom stereocenters. The first-order valence-electron chi connectivity index (χ1n) is 10.8. The lowest BCUT2D eigenvalue weighted by Crippen LogP contribution is -2.48. The van der Waals surface area contributed by atoms with E-state index < -0.39 is 6.17 Å². The van der Waals surface area contributed by atoms with E-state index in [1.807, 2.05) is 18.2 Å². The molecular formula is C23H25FN6O2. The summed E-state index contributed by atoms with van der Waals surface area (Å²) >= 11 is 0. The van der Waals surface area contributed by atoms with Crippen molar-refractivity contribution in [2.45, 2.75) is 37.5 Å². The molecule has 0 radical (unpaired) electrons. The van der Waals surface area contributed by atoms with E-state index in [9.17, 15) is 9.50 Å². The zero-order valence-electron chi connectivity index (χ0n) is 17.8. The van der Waals surface area contributed by atoms with Crippen LogP contribution in [0.3, 0.4) is 0 Å². The fraction of sp³-hybridized carbons (Fsp3) is 0.391. The van der Waals surface area contributed by atoms with E-state index in [4.69, 9.17) is 4.74 Å². The molecule has 1 saturated heterocycles. The van der Waals surface area contributed by atoms with Gasteiger partial charge in [-0.1, -0.05) is 6.07 Å². The van der Waals surface area contributed by atoms with Crippen LogP contribution in [0.25, 0.3) is 22.5 Å². The molecule has 1 atom stereocenters. The molecule has 9 heteroatoms. The van der Waals surface area contributed by atoms with Crippen LogP contribution < -0.4 is 15.0 Å². The molecule has 1 aliphatic carbocycles. The summed E-state index contributed by atoms with van der Waals surface area (Å²) < 4.78 is 18.2. The number of benzene rings is 1. The first-order chi connectivity index (χ1) is 15.6. The Kier molecular flexibility index (Phi) is 5.57. The highest BCUT2D eigenvalue weighted by Crippen LogP contribution is 2.33. The highest BCUT2D eigenvalue weighted by atomic mass is 19.1. The van der Waals surface area contributed by atoms with Crippen molar-refractivity contribution in [1.82, 2.24) is 25.5 Å². The molecule has 2 N–H and O–H groups in total. The summed E-state index contributed by atoms with van der Waals surface area (Å²) in [6.07, 6.45) is 3.03. The van der Waals surface area contributed by atoms with Crippen molar-refractivity contribution >= 4 is 5.82 Å². The van der Waals surface area contributed by atoms with Crippen LogP contribution in [0.5, 0.6) is 11.6 Å². The lowest BCUT2D eigenvalue weighted by molar-refractivity contribution is 0.148. The van der Waals surface area contributed by atoms with Crippen LogP contribution in [0.1, 0.15) is 19.3 Å². The number of phenols is 1. The summed E-state index contributed by atoms with van der Waals surface area (Å²) in [6, 6.07) is 11.5. The molecule has 3 heterocycles. The van der Waals surface area contributed by atoms with Crippen LogP contribution >= 0.6 is 0 Å². The van der Waals surface area contributed by atoms with Gasteiger partial charge in [-0.05, 0) is 43.5 Å². The molecule has 0 bridgehead atoms. The van der Waals surface area contributed by atoms with Gasteiger partial charge in [-0.2, -0.15) is 0 Å². The number of aromatic nitrogens is 4. The summed E-state index contributed by atoms with van der Waals surface area (Å²) in [5.74, 6) is 1.36. The maximum absolute atomic E-state index is 13.0. The number of aromatic hydroxyl groups is 1. The van der Waals surface area contributed by atoms with Crippen LogP contribution in [-0.2, 0) is 0 Å². The van der Waals surface area contributed by atoms with E-state index in [2.05, 4.69) is 30.4 Å². The zero-order chi connectivity index (χ0) is 22.1. The van der Waals surface area contributed by atoms with E-state index in [1.165, 1.54) is 6.33 Å². The van der Waals surface area contributed by atoms with E-state index in [-0.39, 0.29) is 5.75 Å². The summed E-state index contributed by atoms with van der Waals surface area (Å²) in [4.78, 5) is 10.4. The molecule has 3 aromatic rings. The average molecular weight is 436 g/mol. The maximum atomic E-state index is 13.0. The standard InChI is InChI=1S/C23H25FN6O2/c1-32-23-11-20(25-13-26-23)14-2-3-18(21(31)8-14)19-4-5-22(29-28-19)30-7-6-16(12-30)27-17-9-15(24)10-17/h2-5,8,11,13,15-17,27,31H,6-7,9-10,12H2,1H3/t15?,16-,17?/m1/s1. The van der Waals surface area contributed by atoms with Crippen LogP contribution in [0.4, 0.5) is 10.2 Å². The fourth-order valence-corrected chi connectivity index (χ4v) is 4.28. The predicted octanol–water partition coefficient (Wildman–Crippen LogP) is 2.98. The summed E-state index contributed by atoms with van der Waals surface area (Å²) in [7, 11) is 1.54. The SMILES string of the molecule is COc1cc(-c2ccc(-c3ccc(N4CC[C@@H](NC5CC(F)C5)C4)nn3)c(O)c2)ncn1. The minimum Gasteiger partial charge on any atom is -0.507 e. The third kappa shape index (κ3) is 4.20. The Bertz CT molecular complexity index is 1090. The van der Waals surface area contributed by atoms with Crippen LogP contribution in [0.2, 0.25) is 0 Å². The van der Waals surface area contributed by atoms with Crippen molar-refractivity contribution in [2.75, 3.05) is 25.1 Å². The van der Waals surface area contributed by atoms with Gasteiger partial charge in [0.15, 0.2) is 5.82 Å². The van der Waals surface area contributed by atoms with Crippen molar-refractivity contribution < 1.29 is 14.2 Å². The largest absolute Gasteiger partial charge is 0.507 e. The normalized spacial score (nSPS) is 22.6. The minimum absolute atomic E-state index is 0.0965. The highest BCUT2D eigenvalue weighted by Gasteiger charge is 2.33. The number of methoxy groups -OCH3 is 1. The van der Waals surface area contributed by atoms with Crippen LogP contribution in [0, 0.1) is 0 Å². The number of halogens is 1. The van der Waals surface area contributed by atoms with E-state index in [0.717, 1.165) is 30.9 Å². The molecule has 1 saturated carbocycles. The number of phenolic OH excluding ortho intramolecular Hbond substituents is 1. The Labute approximate surface area is 185 Å². The molecule has 0 amide bonds. The van der Waals surface area contributed by atoms with E-state index >= 15 is 0 Å². The molecular weight excluding hydrogens is 411 g/mol. The third-order valence-electron chi connectivity index (χ3n) is 6.14. The Morgan fingerprint density at radius 2 is 1.94 bits per heavy atom. The van der Waals surface area contributed by atoms with Crippen LogP contribution in [-0.4, -0.2) is 63.7 Å². The Balaban J connectivity index is 1.27. The Morgan fingerprint density at radius 1 is 1.06 bits per heavy atom. The van der Waals surface area contributed by atoms with Crippen molar-refractivity contribution in [3.05, 3.63) is 42.7 Å². The van der Waals surface area contributed by atoms with Gasteiger partial charge in [0.1, 0.15) is 18.2 Å². The topological polar surface area (TPSA) is 96.3 Å². The number of hydrogen-bond donors (Lipinski definition) is 2. The lowest BCUT2D eigenvalue weighted by Gasteiger charge is -2.33. The van der Waals surface area contributed by atoms with Crippen LogP contribution in [0.15, 0.2) is 42.7 Å². The summed E-state index contributed by atoms with van der Waals surface area (Å²) in [6.45, 7) is 1.73. The third-order valence-corrected chi connectivity index (χ3v) is 6.14. The highest BCUT2D eigenvalue weighted by molar-refractivity contribution is 5.73. The van der Waals surface area contributed by atoms with Gasteiger partial charge in [-0.3, -0.25) is 0 Å². The van der Waals surface area contributed by atoms with Crippen molar-refractivity contribution in [2.24, 2.45) is 0 Å². The first kappa shape index (κ1) is 20.6. The van der Waals surface area contributed by atoms with Gasteiger partial charge < -0.3 is 20.1 Å². The zero-order valence-corrected chi connectivity index (χ0v) is 17.8. The van der Waals surface area contributed by atoms with Crippen molar-refractivity contribution in [3.8, 4) is 34.1 Å². The second-order valence-corrected chi connectivity index (χ2v) is 8.32. The van der Waals surface area contributed by atoms with Gasteiger partial charge in [0, 0.05) is 42.4 Å². The Hall–Kier alpha value is -3.33. The number of nitrogens with zero attached hydrogens (tertiary/aromatic N) is 5. The lowest BCUT2D eigenvalue weighted by atomic mass is 9.90. The van der Waals surface area contributed by atoms with Crippen molar-refractivity contribution in [3.63, 3.8) is 0 Å². The minimum atomic E-state index is -0.641. The molecule has 0 spiro atoms. The summed E-state index contributed by atoms with van der Waals surface area (Å²) in [5, 5.41) is 22.8. The molecule has 5 rings (SSSR count). The van der Waals surface area contributed by atoms with Gasteiger partial charge in [-0.25, -0.2) is 14.4 Å². The number of ether oxygens (including phenoxy) is 1. The number of rotatable bonds is 6. The fourth-order valence-electron chi connectivity index (χ4n) is 4.28. The quantitative estimate of drug-likeness (QED) is 0.609. The number of alkyl halides is 1. The molecule has 2 fully saturated rings. The Morgan fingerprint density at radius 3 is 2.66 bits per heavy atom. The second kappa shape index (κ2) is 8.66. The molecule has 8 nitrogen and oxygen atoms in total. The first-order valence-corrected chi connectivity index (χ1v) is 10.8. The molecule has 1 aliphatic heterocycles. The van der Waals surface area contributed by atoms with E-state index in [1.54, 1.807) is 25.3 Å². The monoisotopic (exact) mass is 436 g/mol.